The highest BCUT2D eigenvalue weighted by Crippen LogP contribution is 2.29. The van der Waals surface area contributed by atoms with E-state index < -0.39 is 5.97 Å². The number of hydrogen-bond acceptors (Lipinski definition) is 2. The zero-order valence-electron chi connectivity index (χ0n) is 7.26. The minimum absolute atomic E-state index is 0.128. The third-order valence-electron chi connectivity index (χ3n) is 1.77. The number of carboxylic acid groups (broad SMARTS) is 1. The molecule has 0 heterocycles. The number of nitrogen functional groups attached to an aromatic ring is 1. The molecule has 0 aliphatic heterocycles. The number of nitrogens with two attached hydrogens (primary N) is 1. The molecule has 0 aliphatic rings. The van der Waals surface area contributed by atoms with E-state index in [-0.39, 0.29) is 6.42 Å². The number of aryl methyl sites for hydroxylation is 1. The fourth-order valence-corrected chi connectivity index (χ4v) is 2.31. The van der Waals surface area contributed by atoms with Crippen LogP contribution in [0, 0.1) is 0 Å². The smallest absolute Gasteiger partial charge is 0.303 e. The van der Waals surface area contributed by atoms with Crippen molar-refractivity contribution >= 4 is 43.5 Å². The maximum atomic E-state index is 10.4. The van der Waals surface area contributed by atoms with Crippen LogP contribution in [0.15, 0.2) is 21.1 Å². The van der Waals surface area contributed by atoms with Crippen LogP contribution in [0.4, 0.5) is 5.69 Å². The lowest BCUT2D eigenvalue weighted by molar-refractivity contribution is -0.136. The summed E-state index contributed by atoms with van der Waals surface area (Å²) in [6, 6.07) is 3.67. The predicted octanol–water partition coefficient (Wildman–Crippen LogP) is 2.81. The van der Waals surface area contributed by atoms with Crippen molar-refractivity contribution in [3.8, 4) is 0 Å². The van der Waals surface area contributed by atoms with Crippen LogP contribution in [-0.2, 0) is 11.2 Å². The Hall–Kier alpha value is -0.550. The number of benzene rings is 1. The van der Waals surface area contributed by atoms with Gasteiger partial charge in [0.25, 0.3) is 0 Å². The van der Waals surface area contributed by atoms with E-state index in [1.165, 1.54) is 0 Å². The average molecular weight is 323 g/mol. The molecule has 0 saturated carbocycles. The van der Waals surface area contributed by atoms with Crippen LogP contribution >= 0.6 is 31.9 Å². The van der Waals surface area contributed by atoms with Crippen molar-refractivity contribution in [2.24, 2.45) is 0 Å². The molecule has 0 bridgehead atoms. The summed E-state index contributed by atoms with van der Waals surface area (Å²) in [5.41, 5.74) is 7.27. The first kappa shape index (κ1) is 11.5. The quantitative estimate of drug-likeness (QED) is 0.841. The van der Waals surface area contributed by atoms with E-state index in [4.69, 9.17) is 10.8 Å². The van der Waals surface area contributed by atoms with Crippen LogP contribution in [-0.4, -0.2) is 11.1 Å². The lowest BCUT2D eigenvalue weighted by Crippen LogP contribution is -1.98. The highest BCUT2D eigenvalue weighted by molar-refractivity contribution is 9.11. The van der Waals surface area contributed by atoms with Gasteiger partial charge in [0.15, 0.2) is 0 Å². The van der Waals surface area contributed by atoms with E-state index in [0.29, 0.717) is 12.1 Å². The summed E-state index contributed by atoms with van der Waals surface area (Å²) in [5.74, 6) is -0.797. The predicted molar refractivity (Wildman–Crippen MR) is 62.2 cm³/mol. The number of hydrogen-bond donors (Lipinski definition) is 2. The summed E-state index contributed by atoms with van der Waals surface area (Å²) in [4.78, 5) is 10.4. The SMILES string of the molecule is Nc1c(Br)cc(CCC(=O)O)cc1Br. The van der Waals surface area contributed by atoms with E-state index in [0.717, 1.165) is 14.5 Å². The Labute approximate surface area is 98.6 Å². The van der Waals surface area contributed by atoms with E-state index in [1.54, 1.807) is 0 Å². The van der Waals surface area contributed by atoms with Gasteiger partial charge in [0.2, 0.25) is 0 Å². The Bertz CT molecular complexity index is 343. The molecule has 5 heteroatoms. The fourth-order valence-electron chi connectivity index (χ4n) is 1.03. The standard InChI is InChI=1S/C9H9Br2NO2/c10-6-3-5(1-2-8(13)14)4-7(11)9(6)12/h3-4H,1-2,12H2,(H,13,14). The molecular weight excluding hydrogens is 314 g/mol. The zero-order chi connectivity index (χ0) is 10.7. The van der Waals surface area contributed by atoms with Gasteiger partial charge < -0.3 is 10.8 Å². The number of carboxylic acids is 1. The molecule has 0 aromatic heterocycles. The molecule has 0 spiro atoms. The Morgan fingerprint density at radius 2 is 1.86 bits per heavy atom. The summed E-state index contributed by atoms with van der Waals surface area (Å²) in [7, 11) is 0. The highest BCUT2D eigenvalue weighted by atomic mass is 79.9. The second kappa shape index (κ2) is 4.79. The Balaban J connectivity index is 2.84. The maximum absolute atomic E-state index is 10.4. The van der Waals surface area contributed by atoms with Gasteiger partial charge in [0.1, 0.15) is 0 Å². The highest BCUT2D eigenvalue weighted by Gasteiger charge is 2.05. The van der Waals surface area contributed by atoms with Gasteiger partial charge in [-0.3, -0.25) is 4.79 Å². The van der Waals surface area contributed by atoms with Crippen LogP contribution in [0.3, 0.4) is 0 Å². The average Bonchev–Trinajstić information content (AvgIpc) is 2.10. The molecule has 0 saturated heterocycles. The summed E-state index contributed by atoms with van der Waals surface area (Å²) < 4.78 is 1.57. The molecule has 0 fully saturated rings. The number of halogens is 2. The minimum atomic E-state index is -0.797. The van der Waals surface area contributed by atoms with Gasteiger partial charge >= 0.3 is 5.97 Å². The lowest BCUT2D eigenvalue weighted by atomic mass is 10.1. The molecule has 76 valence electrons. The van der Waals surface area contributed by atoms with Gasteiger partial charge in [-0.25, -0.2) is 0 Å². The van der Waals surface area contributed by atoms with E-state index >= 15 is 0 Å². The fraction of sp³-hybridized carbons (Fsp3) is 0.222. The van der Waals surface area contributed by atoms with Gasteiger partial charge in [0, 0.05) is 15.4 Å². The zero-order valence-corrected chi connectivity index (χ0v) is 10.4. The summed E-state index contributed by atoms with van der Waals surface area (Å²) >= 11 is 6.60. The van der Waals surface area contributed by atoms with Crippen LogP contribution in [0.1, 0.15) is 12.0 Å². The summed E-state index contributed by atoms with van der Waals surface area (Å²) in [6.07, 6.45) is 0.635. The first-order valence-corrected chi connectivity index (χ1v) is 5.54. The molecule has 0 atom stereocenters. The molecule has 3 N–H and O–H groups in total. The topological polar surface area (TPSA) is 63.3 Å². The van der Waals surface area contributed by atoms with Gasteiger partial charge in [-0.1, -0.05) is 0 Å². The second-order valence-corrected chi connectivity index (χ2v) is 4.58. The Morgan fingerprint density at radius 3 is 2.29 bits per heavy atom. The Kier molecular flexibility index (Phi) is 3.95. The van der Waals surface area contributed by atoms with Crippen LogP contribution in [0.5, 0.6) is 0 Å². The molecule has 0 unspecified atom stereocenters. The molecular formula is C9H9Br2NO2. The first-order valence-electron chi connectivity index (χ1n) is 3.96. The lowest BCUT2D eigenvalue weighted by Gasteiger charge is -2.05. The largest absolute Gasteiger partial charge is 0.481 e. The van der Waals surface area contributed by atoms with Gasteiger partial charge in [-0.2, -0.15) is 0 Å². The van der Waals surface area contributed by atoms with Crippen LogP contribution < -0.4 is 5.73 Å². The van der Waals surface area contributed by atoms with E-state index in [1.807, 2.05) is 12.1 Å². The summed E-state index contributed by atoms with van der Waals surface area (Å²) in [5, 5.41) is 8.52. The van der Waals surface area contributed by atoms with Gasteiger partial charge in [-0.15, -0.1) is 0 Å². The molecule has 0 amide bonds. The molecule has 3 nitrogen and oxygen atoms in total. The van der Waals surface area contributed by atoms with E-state index in [2.05, 4.69) is 31.9 Å². The molecule has 0 aliphatic carbocycles. The Morgan fingerprint density at radius 1 is 1.36 bits per heavy atom. The van der Waals surface area contributed by atoms with Gasteiger partial charge in [-0.05, 0) is 56.0 Å². The van der Waals surface area contributed by atoms with Gasteiger partial charge in [0.05, 0.1) is 5.69 Å². The summed E-state index contributed by atoms with van der Waals surface area (Å²) in [6.45, 7) is 0. The van der Waals surface area contributed by atoms with Crippen molar-refractivity contribution < 1.29 is 9.90 Å². The van der Waals surface area contributed by atoms with E-state index in [9.17, 15) is 4.79 Å². The number of carbonyl (C=O) groups is 1. The monoisotopic (exact) mass is 321 g/mol. The third-order valence-corrected chi connectivity index (χ3v) is 3.08. The molecule has 1 aromatic rings. The van der Waals surface area contributed by atoms with Crippen molar-refractivity contribution in [1.29, 1.82) is 0 Å². The molecule has 14 heavy (non-hydrogen) atoms. The molecule has 1 aromatic carbocycles. The van der Waals surface area contributed by atoms with Crippen molar-refractivity contribution in [1.82, 2.24) is 0 Å². The third kappa shape index (κ3) is 2.99. The van der Waals surface area contributed by atoms with Crippen molar-refractivity contribution in [3.63, 3.8) is 0 Å². The number of anilines is 1. The normalized spacial score (nSPS) is 10.1. The first-order chi connectivity index (χ1) is 6.50. The number of aliphatic carboxylic acids is 1. The molecule has 0 radical (unpaired) electrons. The van der Waals surface area contributed by atoms with Crippen molar-refractivity contribution in [2.75, 3.05) is 5.73 Å². The maximum Gasteiger partial charge on any atom is 0.303 e. The number of rotatable bonds is 3. The van der Waals surface area contributed by atoms with Crippen LogP contribution in [0.2, 0.25) is 0 Å². The minimum Gasteiger partial charge on any atom is -0.481 e. The van der Waals surface area contributed by atoms with Crippen LogP contribution in [0.25, 0.3) is 0 Å². The second-order valence-electron chi connectivity index (χ2n) is 2.87. The van der Waals surface area contributed by atoms with Crippen molar-refractivity contribution in [2.45, 2.75) is 12.8 Å². The van der Waals surface area contributed by atoms with Crippen molar-refractivity contribution in [3.05, 3.63) is 26.6 Å². The molecule has 1 rings (SSSR count).